The van der Waals surface area contributed by atoms with Crippen LogP contribution in [0.2, 0.25) is 0 Å². The Balaban J connectivity index is 2.05. The van der Waals surface area contributed by atoms with Gasteiger partial charge >= 0.3 is 0 Å². The number of amides is 1. The zero-order chi connectivity index (χ0) is 8.55. The van der Waals surface area contributed by atoms with Gasteiger partial charge in [0.15, 0.2) is 0 Å². The smallest absolute Gasteiger partial charge is 0.249 e. The van der Waals surface area contributed by atoms with E-state index < -0.39 is 0 Å². The molecule has 0 bridgehead atoms. The molecule has 1 unspecified atom stereocenters. The van der Waals surface area contributed by atoms with Crippen molar-refractivity contribution in [1.82, 2.24) is 5.32 Å². The van der Waals surface area contributed by atoms with E-state index in [2.05, 4.69) is 10.3 Å². The van der Waals surface area contributed by atoms with Gasteiger partial charge in [0, 0.05) is 5.92 Å². The van der Waals surface area contributed by atoms with Crippen LogP contribution in [-0.4, -0.2) is 17.8 Å². The fourth-order valence-electron chi connectivity index (χ4n) is 1.94. The molecular formula is C9H14N2O. The number of nitrogens with one attached hydrogen (secondary N) is 1. The number of carbonyl (C=O) groups excluding carboxylic acids is 1. The molecule has 1 amide bonds. The lowest BCUT2D eigenvalue weighted by Crippen LogP contribution is -2.31. The molecule has 3 heteroatoms. The van der Waals surface area contributed by atoms with E-state index in [1.165, 1.54) is 25.7 Å². The third kappa shape index (κ3) is 1.24. The number of hydrogen-bond donors (Lipinski definition) is 1. The van der Waals surface area contributed by atoms with Gasteiger partial charge in [0.05, 0.1) is 0 Å². The van der Waals surface area contributed by atoms with Crippen LogP contribution in [0.1, 0.15) is 32.6 Å². The quantitative estimate of drug-likeness (QED) is 0.622. The van der Waals surface area contributed by atoms with Gasteiger partial charge in [0.1, 0.15) is 11.9 Å². The van der Waals surface area contributed by atoms with Gasteiger partial charge in [-0.2, -0.15) is 0 Å². The molecule has 1 aliphatic carbocycles. The van der Waals surface area contributed by atoms with Crippen LogP contribution in [0.5, 0.6) is 0 Å². The Hall–Kier alpha value is -0.860. The van der Waals surface area contributed by atoms with Gasteiger partial charge in [-0.05, 0) is 19.8 Å². The van der Waals surface area contributed by atoms with Gasteiger partial charge in [0.25, 0.3) is 0 Å². The Morgan fingerprint density at radius 1 is 1.42 bits per heavy atom. The third-order valence-corrected chi connectivity index (χ3v) is 2.71. The summed E-state index contributed by atoms with van der Waals surface area (Å²) in [5.74, 6) is 1.56. The normalized spacial score (nSPS) is 30.6. The summed E-state index contributed by atoms with van der Waals surface area (Å²) in [4.78, 5) is 15.4. The SMILES string of the molecule is CC1N=C(C2CCCC2)NC1=O. The molecule has 1 heterocycles. The molecule has 0 aromatic rings. The van der Waals surface area contributed by atoms with E-state index in [9.17, 15) is 4.79 Å². The Bertz CT molecular complexity index is 229. The Labute approximate surface area is 72.3 Å². The van der Waals surface area contributed by atoms with Crippen molar-refractivity contribution in [1.29, 1.82) is 0 Å². The number of nitrogens with zero attached hydrogens (tertiary/aromatic N) is 1. The monoisotopic (exact) mass is 166 g/mol. The summed E-state index contributed by atoms with van der Waals surface area (Å²) in [5.41, 5.74) is 0. The average Bonchev–Trinajstić information content (AvgIpc) is 2.61. The van der Waals surface area contributed by atoms with Crippen molar-refractivity contribution in [3.8, 4) is 0 Å². The van der Waals surface area contributed by atoms with Crippen molar-refractivity contribution in [2.24, 2.45) is 10.9 Å². The molecule has 0 radical (unpaired) electrons. The van der Waals surface area contributed by atoms with Crippen LogP contribution in [0.3, 0.4) is 0 Å². The third-order valence-electron chi connectivity index (χ3n) is 2.71. The highest BCUT2D eigenvalue weighted by Crippen LogP contribution is 2.26. The van der Waals surface area contributed by atoms with Gasteiger partial charge in [-0.3, -0.25) is 9.79 Å². The first-order valence-corrected chi connectivity index (χ1v) is 4.66. The Morgan fingerprint density at radius 3 is 2.58 bits per heavy atom. The first kappa shape index (κ1) is 7.77. The van der Waals surface area contributed by atoms with E-state index in [1.54, 1.807) is 0 Å². The van der Waals surface area contributed by atoms with Crippen LogP contribution < -0.4 is 5.32 Å². The van der Waals surface area contributed by atoms with Crippen molar-refractivity contribution < 1.29 is 4.79 Å². The number of rotatable bonds is 1. The second-order valence-corrected chi connectivity index (χ2v) is 3.66. The molecule has 1 atom stereocenters. The molecule has 0 aromatic carbocycles. The van der Waals surface area contributed by atoms with E-state index in [4.69, 9.17) is 0 Å². The number of hydrogen-bond acceptors (Lipinski definition) is 2. The molecular weight excluding hydrogens is 152 g/mol. The first-order valence-electron chi connectivity index (χ1n) is 4.66. The van der Waals surface area contributed by atoms with Crippen molar-refractivity contribution in [2.45, 2.75) is 38.6 Å². The first-order chi connectivity index (χ1) is 5.77. The topological polar surface area (TPSA) is 41.5 Å². The highest BCUT2D eigenvalue weighted by molar-refractivity contribution is 6.06. The summed E-state index contributed by atoms with van der Waals surface area (Å²) in [6, 6.07) is -0.152. The van der Waals surface area contributed by atoms with Crippen molar-refractivity contribution in [2.75, 3.05) is 0 Å². The number of carbonyl (C=O) groups is 1. The van der Waals surface area contributed by atoms with Gasteiger partial charge in [0.2, 0.25) is 5.91 Å². The highest BCUT2D eigenvalue weighted by atomic mass is 16.2. The zero-order valence-electron chi connectivity index (χ0n) is 7.34. The Kier molecular flexibility index (Phi) is 1.87. The maximum atomic E-state index is 11.1. The van der Waals surface area contributed by atoms with Crippen LogP contribution in [0.4, 0.5) is 0 Å². The van der Waals surface area contributed by atoms with Gasteiger partial charge in [-0.25, -0.2) is 0 Å². The second-order valence-electron chi connectivity index (χ2n) is 3.66. The fourth-order valence-corrected chi connectivity index (χ4v) is 1.94. The largest absolute Gasteiger partial charge is 0.312 e. The molecule has 2 rings (SSSR count). The Morgan fingerprint density at radius 2 is 2.08 bits per heavy atom. The maximum Gasteiger partial charge on any atom is 0.249 e. The molecule has 0 spiro atoms. The van der Waals surface area contributed by atoms with Crippen LogP contribution >= 0.6 is 0 Å². The van der Waals surface area contributed by atoms with Crippen LogP contribution in [0.25, 0.3) is 0 Å². The second kappa shape index (κ2) is 2.88. The molecule has 1 saturated carbocycles. The van der Waals surface area contributed by atoms with E-state index in [0.717, 1.165) is 5.84 Å². The zero-order valence-corrected chi connectivity index (χ0v) is 7.34. The van der Waals surface area contributed by atoms with Crippen LogP contribution in [0, 0.1) is 5.92 Å². The molecule has 1 N–H and O–H groups in total. The number of amidine groups is 1. The molecule has 2 aliphatic rings. The molecule has 1 aliphatic heterocycles. The molecule has 66 valence electrons. The average molecular weight is 166 g/mol. The minimum absolute atomic E-state index is 0.0666. The number of aliphatic imine (C=N–C) groups is 1. The summed E-state index contributed by atoms with van der Waals surface area (Å²) >= 11 is 0. The minimum Gasteiger partial charge on any atom is -0.312 e. The summed E-state index contributed by atoms with van der Waals surface area (Å²) in [6.45, 7) is 1.84. The van der Waals surface area contributed by atoms with Crippen LogP contribution in [0.15, 0.2) is 4.99 Å². The molecule has 0 aromatic heterocycles. The van der Waals surface area contributed by atoms with E-state index in [1.807, 2.05) is 6.92 Å². The summed E-state index contributed by atoms with van der Waals surface area (Å²) in [7, 11) is 0. The predicted molar refractivity (Wildman–Crippen MR) is 47.0 cm³/mol. The summed E-state index contributed by atoms with van der Waals surface area (Å²) < 4.78 is 0. The molecule has 3 nitrogen and oxygen atoms in total. The van der Waals surface area contributed by atoms with E-state index in [0.29, 0.717) is 5.92 Å². The van der Waals surface area contributed by atoms with Crippen LogP contribution in [-0.2, 0) is 4.79 Å². The van der Waals surface area contributed by atoms with Gasteiger partial charge in [-0.15, -0.1) is 0 Å². The van der Waals surface area contributed by atoms with Crippen molar-refractivity contribution in [3.05, 3.63) is 0 Å². The standard InChI is InChI=1S/C9H14N2O/c1-6-9(12)11-8(10-6)7-4-2-3-5-7/h6-7H,2-5H2,1H3,(H,10,11,12). The summed E-state index contributed by atoms with van der Waals surface area (Å²) in [5, 5.41) is 2.86. The van der Waals surface area contributed by atoms with Crippen molar-refractivity contribution >= 4 is 11.7 Å². The maximum absolute atomic E-state index is 11.1. The highest BCUT2D eigenvalue weighted by Gasteiger charge is 2.29. The lowest BCUT2D eigenvalue weighted by molar-refractivity contribution is -0.119. The molecule has 1 fully saturated rings. The lowest BCUT2D eigenvalue weighted by Gasteiger charge is -2.07. The van der Waals surface area contributed by atoms with Crippen molar-refractivity contribution in [3.63, 3.8) is 0 Å². The fraction of sp³-hybridized carbons (Fsp3) is 0.778. The van der Waals surface area contributed by atoms with Gasteiger partial charge in [-0.1, -0.05) is 12.8 Å². The lowest BCUT2D eigenvalue weighted by atomic mass is 10.1. The molecule has 0 saturated heterocycles. The van der Waals surface area contributed by atoms with Gasteiger partial charge < -0.3 is 5.32 Å². The summed E-state index contributed by atoms with van der Waals surface area (Å²) in [6.07, 6.45) is 4.97. The van der Waals surface area contributed by atoms with E-state index >= 15 is 0 Å². The predicted octanol–water partition coefficient (Wildman–Crippen LogP) is 1.09. The van der Waals surface area contributed by atoms with E-state index in [-0.39, 0.29) is 11.9 Å². The minimum atomic E-state index is -0.152. The molecule has 12 heavy (non-hydrogen) atoms.